The van der Waals surface area contributed by atoms with Gasteiger partial charge in [-0.25, -0.2) is 0 Å². The summed E-state index contributed by atoms with van der Waals surface area (Å²) in [5.74, 6) is 5.54. The molecule has 4 heteroatoms. The molecule has 0 spiro atoms. The normalized spacial score (nSPS) is 15.0. The Bertz CT molecular complexity index is 730. The molecule has 0 bridgehead atoms. The maximum Gasteiger partial charge on any atom is 0.0706 e. The third kappa shape index (κ3) is 3.92. The molecule has 0 saturated carbocycles. The zero-order chi connectivity index (χ0) is 15.9. The van der Waals surface area contributed by atoms with E-state index in [2.05, 4.69) is 27.4 Å². The van der Waals surface area contributed by atoms with Crippen LogP contribution < -0.4 is 5.84 Å². The predicted octanol–water partition coefficient (Wildman–Crippen LogP) is 3.77. The van der Waals surface area contributed by atoms with Crippen molar-refractivity contribution in [1.82, 2.24) is 0 Å². The molecule has 1 aliphatic heterocycles. The molecule has 1 heterocycles. The number of nitrogens with two attached hydrogens (primary N) is 1. The van der Waals surface area contributed by atoms with E-state index in [1.165, 1.54) is 0 Å². The van der Waals surface area contributed by atoms with Crippen LogP contribution in [-0.4, -0.2) is 17.1 Å². The van der Waals surface area contributed by atoms with E-state index in [1.807, 2.05) is 48.5 Å². The maximum atomic E-state index is 5.54. The third-order valence-electron chi connectivity index (χ3n) is 3.98. The van der Waals surface area contributed by atoms with E-state index in [4.69, 9.17) is 5.84 Å². The van der Waals surface area contributed by atoms with Crippen molar-refractivity contribution >= 4 is 17.1 Å². The third-order valence-corrected chi connectivity index (χ3v) is 3.98. The van der Waals surface area contributed by atoms with Gasteiger partial charge in [0.1, 0.15) is 0 Å². The molecule has 23 heavy (non-hydrogen) atoms. The van der Waals surface area contributed by atoms with Gasteiger partial charge in [0.15, 0.2) is 0 Å². The minimum absolute atomic E-state index is 0.787. The van der Waals surface area contributed by atoms with Gasteiger partial charge in [0.05, 0.1) is 11.4 Å². The highest BCUT2D eigenvalue weighted by atomic mass is 15.2. The van der Waals surface area contributed by atoms with Crippen LogP contribution in [0.1, 0.15) is 36.8 Å². The predicted molar refractivity (Wildman–Crippen MR) is 96.0 cm³/mol. The lowest BCUT2D eigenvalue weighted by atomic mass is 9.98. The second-order valence-electron chi connectivity index (χ2n) is 5.52. The average Bonchev–Trinajstić information content (AvgIpc) is 2.64. The van der Waals surface area contributed by atoms with E-state index < -0.39 is 0 Å². The van der Waals surface area contributed by atoms with Crippen LogP contribution >= 0.6 is 0 Å². The van der Waals surface area contributed by atoms with Crippen molar-refractivity contribution in [3.05, 3.63) is 71.8 Å². The van der Waals surface area contributed by atoms with Crippen LogP contribution in [0, 0.1) is 0 Å². The molecule has 0 amide bonds. The summed E-state index contributed by atoms with van der Waals surface area (Å²) in [5.41, 5.74) is 5.31. The summed E-state index contributed by atoms with van der Waals surface area (Å²) >= 11 is 0. The van der Waals surface area contributed by atoms with Crippen LogP contribution in [0.25, 0.3) is 0 Å². The zero-order valence-electron chi connectivity index (χ0n) is 13.0. The molecule has 2 aromatic carbocycles. The van der Waals surface area contributed by atoms with Gasteiger partial charge in [-0.15, -0.1) is 0 Å². The fraction of sp³-hybridized carbons (Fsp3) is 0.211. The molecule has 3 rings (SSSR count). The molecule has 116 valence electrons. The Morgan fingerprint density at radius 3 is 2.22 bits per heavy atom. The molecule has 4 nitrogen and oxygen atoms in total. The fourth-order valence-corrected chi connectivity index (χ4v) is 2.68. The maximum absolute atomic E-state index is 5.54. The molecule has 2 aromatic rings. The van der Waals surface area contributed by atoms with E-state index in [-0.39, 0.29) is 0 Å². The van der Waals surface area contributed by atoms with Crippen molar-refractivity contribution in [3.63, 3.8) is 0 Å². The standard InChI is InChI=1S/C19H20N4/c20-21-18(15-7-3-1-4-8-15)13-11-17-12-14-19(23-22-17)16-9-5-2-6-10-16/h1-10H,11-14,20H2/b21-18+. The zero-order valence-corrected chi connectivity index (χ0v) is 13.0. The minimum Gasteiger partial charge on any atom is -0.323 e. The largest absolute Gasteiger partial charge is 0.323 e. The fourth-order valence-electron chi connectivity index (χ4n) is 2.68. The van der Waals surface area contributed by atoms with Crippen molar-refractivity contribution in [2.45, 2.75) is 25.7 Å². The first-order valence-electron chi connectivity index (χ1n) is 7.86. The molecule has 0 saturated heterocycles. The van der Waals surface area contributed by atoms with Crippen molar-refractivity contribution in [2.75, 3.05) is 0 Å². The molecule has 0 unspecified atom stereocenters. The molecule has 1 aliphatic rings. The van der Waals surface area contributed by atoms with Crippen LogP contribution in [0.5, 0.6) is 0 Å². The Labute approximate surface area is 136 Å². The second kappa shape index (κ2) is 7.49. The summed E-state index contributed by atoms with van der Waals surface area (Å²) < 4.78 is 0. The van der Waals surface area contributed by atoms with Gasteiger partial charge in [-0.1, -0.05) is 60.7 Å². The van der Waals surface area contributed by atoms with Crippen molar-refractivity contribution in [2.24, 2.45) is 21.1 Å². The number of hydrazone groups is 1. The highest BCUT2D eigenvalue weighted by Crippen LogP contribution is 2.16. The van der Waals surface area contributed by atoms with Gasteiger partial charge in [-0.3, -0.25) is 0 Å². The molecule has 0 radical (unpaired) electrons. The van der Waals surface area contributed by atoms with Crippen molar-refractivity contribution < 1.29 is 0 Å². The minimum atomic E-state index is 0.787. The van der Waals surface area contributed by atoms with Crippen LogP contribution in [0.2, 0.25) is 0 Å². The summed E-state index contributed by atoms with van der Waals surface area (Å²) in [6.07, 6.45) is 3.51. The number of rotatable bonds is 5. The van der Waals surface area contributed by atoms with Gasteiger partial charge in [-0.2, -0.15) is 15.3 Å². The summed E-state index contributed by atoms with van der Waals surface area (Å²) in [7, 11) is 0. The number of hydrogen-bond donors (Lipinski definition) is 1. The van der Waals surface area contributed by atoms with Crippen LogP contribution in [-0.2, 0) is 0 Å². The molecule has 2 N–H and O–H groups in total. The molecule has 0 aliphatic carbocycles. The molecule has 0 atom stereocenters. The lowest BCUT2D eigenvalue weighted by Gasteiger charge is -2.13. The van der Waals surface area contributed by atoms with Gasteiger partial charge >= 0.3 is 0 Å². The van der Waals surface area contributed by atoms with Gasteiger partial charge in [0, 0.05) is 5.71 Å². The van der Waals surface area contributed by atoms with E-state index in [0.29, 0.717) is 0 Å². The Balaban J connectivity index is 1.64. The van der Waals surface area contributed by atoms with E-state index in [1.54, 1.807) is 0 Å². The topological polar surface area (TPSA) is 63.1 Å². The molecule has 0 fully saturated rings. The van der Waals surface area contributed by atoms with Crippen molar-refractivity contribution in [1.29, 1.82) is 0 Å². The van der Waals surface area contributed by atoms with Gasteiger partial charge in [0.25, 0.3) is 0 Å². The Morgan fingerprint density at radius 2 is 1.61 bits per heavy atom. The quantitative estimate of drug-likeness (QED) is 0.510. The summed E-state index contributed by atoms with van der Waals surface area (Å²) in [5, 5.41) is 12.7. The van der Waals surface area contributed by atoms with Gasteiger partial charge in [0.2, 0.25) is 0 Å². The lowest BCUT2D eigenvalue weighted by Crippen LogP contribution is -2.13. The van der Waals surface area contributed by atoms with Crippen molar-refractivity contribution in [3.8, 4) is 0 Å². The first kappa shape index (κ1) is 15.2. The molecular weight excluding hydrogens is 284 g/mol. The number of hydrogen-bond acceptors (Lipinski definition) is 4. The SMILES string of the molecule is N/N=C(\CCC1=NN=C(c2ccccc2)CC1)c1ccccc1. The average molecular weight is 304 g/mol. The smallest absolute Gasteiger partial charge is 0.0706 e. The monoisotopic (exact) mass is 304 g/mol. The summed E-state index contributed by atoms with van der Waals surface area (Å²) in [4.78, 5) is 0. The number of nitrogens with zero attached hydrogens (tertiary/aromatic N) is 3. The highest BCUT2D eigenvalue weighted by molar-refractivity contribution is 6.06. The van der Waals surface area contributed by atoms with Crippen LogP contribution in [0.15, 0.2) is 76.0 Å². The van der Waals surface area contributed by atoms with Crippen LogP contribution in [0.4, 0.5) is 0 Å². The summed E-state index contributed by atoms with van der Waals surface area (Å²) in [6, 6.07) is 20.3. The van der Waals surface area contributed by atoms with Gasteiger partial charge < -0.3 is 5.84 Å². The number of benzene rings is 2. The first-order chi connectivity index (χ1) is 11.4. The summed E-state index contributed by atoms with van der Waals surface area (Å²) in [6.45, 7) is 0. The molecular formula is C19H20N4. The Morgan fingerprint density at radius 1 is 0.913 bits per heavy atom. The second-order valence-corrected chi connectivity index (χ2v) is 5.52. The van der Waals surface area contributed by atoms with Crippen LogP contribution in [0.3, 0.4) is 0 Å². The lowest BCUT2D eigenvalue weighted by molar-refractivity contribution is 0.969. The molecule has 0 aromatic heterocycles. The van der Waals surface area contributed by atoms with E-state index in [9.17, 15) is 0 Å². The van der Waals surface area contributed by atoms with E-state index >= 15 is 0 Å². The first-order valence-corrected chi connectivity index (χ1v) is 7.86. The Hall–Kier alpha value is -2.75. The van der Waals surface area contributed by atoms with E-state index in [0.717, 1.165) is 53.9 Å². The van der Waals surface area contributed by atoms with Gasteiger partial charge in [-0.05, 0) is 36.8 Å². The highest BCUT2D eigenvalue weighted by Gasteiger charge is 2.13. The Kier molecular flexibility index (Phi) is 4.94.